The molecular weight excluding hydrogens is 262 g/mol. The van der Waals surface area contributed by atoms with E-state index < -0.39 is 0 Å². The smallest absolute Gasteiger partial charge is 0.223 e. The first-order valence-electron chi connectivity index (χ1n) is 8.12. The van der Waals surface area contributed by atoms with Gasteiger partial charge in [0.15, 0.2) is 0 Å². The molecule has 0 saturated carbocycles. The van der Waals surface area contributed by atoms with Crippen molar-refractivity contribution in [1.82, 2.24) is 4.90 Å². The van der Waals surface area contributed by atoms with Crippen LogP contribution in [0, 0.1) is 0 Å². The zero-order valence-electron chi connectivity index (χ0n) is 12.7. The minimum Gasteiger partial charge on any atom is -0.369 e. The summed E-state index contributed by atoms with van der Waals surface area (Å²) in [4.78, 5) is 18.8. The molecule has 0 spiro atoms. The van der Waals surface area contributed by atoms with Gasteiger partial charge in [0.2, 0.25) is 5.91 Å². The van der Waals surface area contributed by atoms with Gasteiger partial charge in [0.25, 0.3) is 0 Å². The van der Waals surface area contributed by atoms with Crippen LogP contribution in [0.2, 0.25) is 0 Å². The molecule has 1 aromatic rings. The van der Waals surface area contributed by atoms with Crippen molar-refractivity contribution in [3.8, 4) is 0 Å². The summed E-state index contributed by atoms with van der Waals surface area (Å²) in [5.74, 6) is 0.159. The van der Waals surface area contributed by atoms with Crippen LogP contribution in [0.25, 0.3) is 0 Å². The number of nitrogens with zero attached hydrogens (tertiary/aromatic N) is 3. The van der Waals surface area contributed by atoms with E-state index in [1.54, 1.807) is 6.92 Å². The van der Waals surface area contributed by atoms with E-state index in [-0.39, 0.29) is 5.91 Å². The zero-order chi connectivity index (χ0) is 14.4. The van der Waals surface area contributed by atoms with Gasteiger partial charge in [-0.1, -0.05) is 6.07 Å². The molecular formula is C17H23N3O. The molecule has 3 aliphatic heterocycles. The van der Waals surface area contributed by atoms with Crippen molar-refractivity contribution in [3.63, 3.8) is 0 Å². The van der Waals surface area contributed by atoms with Crippen molar-refractivity contribution in [2.24, 2.45) is 0 Å². The molecule has 0 N–H and O–H groups in total. The maximum Gasteiger partial charge on any atom is 0.223 e. The van der Waals surface area contributed by atoms with Gasteiger partial charge in [-0.2, -0.15) is 0 Å². The first-order valence-corrected chi connectivity index (χ1v) is 8.12. The third-order valence-electron chi connectivity index (χ3n) is 5.30. The van der Waals surface area contributed by atoms with E-state index >= 15 is 0 Å². The van der Waals surface area contributed by atoms with Gasteiger partial charge in [0.1, 0.15) is 0 Å². The average Bonchev–Trinajstić information content (AvgIpc) is 3.12. The normalized spacial score (nSPS) is 25.1. The topological polar surface area (TPSA) is 26.8 Å². The number of anilines is 2. The van der Waals surface area contributed by atoms with E-state index in [9.17, 15) is 4.79 Å². The Kier molecular flexibility index (Phi) is 3.14. The fourth-order valence-electron chi connectivity index (χ4n) is 4.12. The van der Waals surface area contributed by atoms with E-state index in [2.05, 4.69) is 28.0 Å². The van der Waals surface area contributed by atoms with Crippen molar-refractivity contribution in [2.45, 2.75) is 32.2 Å². The van der Waals surface area contributed by atoms with Gasteiger partial charge in [0, 0.05) is 50.5 Å². The molecule has 0 radical (unpaired) electrons. The van der Waals surface area contributed by atoms with Gasteiger partial charge >= 0.3 is 0 Å². The molecule has 21 heavy (non-hydrogen) atoms. The minimum atomic E-state index is 0.159. The number of carbonyl (C=O) groups is 1. The van der Waals surface area contributed by atoms with E-state index in [1.165, 1.54) is 37.2 Å². The molecule has 0 bridgehead atoms. The number of benzene rings is 1. The fraction of sp³-hybridized carbons (Fsp3) is 0.588. The van der Waals surface area contributed by atoms with E-state index in [0.717, 1.165) is 37.8 Å². The molecule has 4 rings (SSSR count). The second kappa shape index (κ2) is 5.02. The largest absolute Gasteiger partial charge is 0.369 e. The predicted molar refractivity (Wildman–Crippen MR) is 85.0 cm³/mol. The lowest BCUT2D eigenvalue weighted by Gasteiger charge is -2.39. The Morgan fingerprint density at radius 2 is 2.10 bits per heavy atom. The molecule has 1 aromatic carbocycles. The van der Waals surface area contributed by atoms with Crippen molar-refractivity contribution in [3.05, 3.63) is 23.8 Å². The van der Waals surface area contributed by atoms with E-state index in [0.29, 0.717) is 0 Å². The van der Waals surface area contributed by atoms with Crippen molar-refractivity contribution in [1.29, 1.82) is 0 Å². The lowest BCUT2D eigenvalue weighted by molar-refractivity contribution is -0.116. The molecule has 4 heteroatoms. The molecule has 4 nitrogen and oxygen atoms in total. The highest BCUT2D eigenvalue weighted by molar-refractivity contribution is 5.94. The summed E-state index contributed by atoms with van der Waals surface area (Å²) in [5, 5.41) is 0. The Hall–Kier alpha value is -1.55. The van der Waals surface area contributed by atoms with Crippen LogP contribution in [0.15, 0.2) is 18.2 Å². The Morgan fingerprint density at radius 3 is 2.95 bits per heavy atom. The first-order chi connectivity index (χ1) is 10.2. The third-order valence-corrected chi connectivity index (χ3v) is 5.30. The van der Waals surface area contributed by atoms with Gasteiger partial charge in [-0.05, 0) is 43.5 Å². The van der Waals surface area contributed by atoms with Crippen LogP contribution >= 0.6 is 0 Å². The molecule has 3 heterocycles. The fourth-order valence-corrected chi connectivity index (χ4v) is 4.12. The van der Waals surface area contributed by atoms with Crippen LogP contribution in [-0.4, -0.2) is 49.6 Å². The molecule has 3 aliphatic rings. The number of hydrogen-bond acceptors (Lipinski definition) is 3. The Morgan fingerprint density at radius 1 is 1.19 bits per heavy atom. The summed E-state index contributed by atoms with van der Waals surface area (Å²) in [6.07, 6.45) is 3.67. The van der Waals surface area contributed by atoms with Crippen LogP contribution in [0.4, 0.5) is 11.4 Å². The summed E-state index contributed by atoms with van der Waals surface area (Å²) < 4.78 is 0. The number of fused-ring (bicyclic) bond motifs is 2. The van der Waals surface area contributed by atoms with Gasteiger partial charge in [-0.15, -0.1) is 0 Å². The Balaban J connectivity index is 1.59. The lowest BCUT2D eigenvalue weighted by atomic mass is 10.1. The monoisotopic (exact) mass is 285 g/mol. The lowest BCUT2D eigenvalue weighted by Crippen LogP contribution is -2.50. The quantitative estimate of drug-likeness (QED) is 0.788. The summed E-state index contributed by atoms with van der Waals surface area (Å²) in [6.45, 7) is 7.21. The molecule has 0 aliphatic carbocycles. The number of carbonyl (C=O) groups excluding carboxylic acids is 1. The standard InChI is InChI=1S/C17H23N3O/c1-13(21)20-8-6-14-4-5-15(11-17(14)20)19-10-9-18-7-2-3-16(18)12-19/h4-5,11,16H,2-3,6-10,12H2,1H3. The molecule has 112 valence electrons. The highest BCUT2D eigenvalue weighted by Crippen LogP contribution is 2.33. The van der Waals surface area contributed by atoms with Crippen molar-refractivity contribution < 1.29 is 4.79 Å². The van der Waals surface area contributed by atoms with Gasteiger partial charge in [0.05, 0.1) is 0 Å². The van der Waals surface area contributed by atoms with Crippen LogP contribution in [-0.2, 0) is 11.2 Å². The number of amides is 1. The minimum absolute atomic E-state index is 0.159. The molecule has 0 aromatic heterocycles. The van der Waals surface area contributed by atoms with Crippen molar-refractivity contribution >= 4 is 17.3 Å². The number of piperazine rings is 1. The number of rotatable bonds is 1. The molecule has 2 fully saturated rings. The molecule has 1 atom stereocenters. The summed E-state index contributed by atoms with van der Waals surface area (Å²) in [6, 6.07) is 7.42. The van der Waals surface area contributed by atoms with Crippen LogP contribution in [0.5, 0.6) is 0 Å². The highest BCUT2D eigenvalue weighted by Gasteiger charge is 2.31. The molecule has 1 amide bonds. The number of hydrogen-bond donors (Lipinski definition) is 0. The maximum atomic E-state index is 11.8. The second-order valence-electron chi connectivity index (χ2n) is 6.51. The maximum absolute atomic E-state index is 11.8. The average molecular weight is 285 g/mol. The van der Waals surface area contributed by atoms with Gasteiger partial charge in [-0.3, -0.25) is 9.69 Å². The molecule has 1 unspecified atom stereocenters. The van der Waals surface area contributed by atoms with E-state index in [1.807, 2.05) is 4.90 Å². The van der Waals surface area contributed by atoms with Crippen molar-refractivity contribution in [2.75, 3.05) is 42.5 Å². The summed E-state index contributed by atoms with van der Waals surface area (Å²) in [5.41, 5.74) is 3.73. The SMILES string of the molecule is CC(=O)N1CCc2ccc(N3CCN4CCCC4C3)cc21. The van der Waals surface area contributed by atoms with Crippen LogP contribution < -0.4 is 9.80 Å². The van der Waals surface area contributed by atoms with E-state index in [4.69, 9.17) is 0 Å². The first kappa shape index (κ1) is 13.1. The predicted octanol–water partition coefficient (Wildman–Crippen LogP) is 1.88. The highest BCUT2D eigenvalue weighted by atomic mass is 16.2. The Labute approximate surface area is 126 Å². The molecule has 2 saturated heterocycles. The summed E-state index contributed by atoms with van der Waals surface area (Å²) in [7, 11) is 0. The zero-order valence-corrected chi connectivity index (χ0v) is 12.7. The van der Waals surface area contributed by atoms with Crippen LogP contribution in [0.3, 0.4) is 0 Å². The van der Waals surface area contributed by atoms with Gasteiger partial charge < -0.3 is 9.80 Å². The third kappa shape index (κ3) is 2.22. The Bertz CT molecular complexity index is 571. The summed E-state index contributed by atoms with van der Waals surface area (Å²) >= 11 is 0. The second-order valence-corrected chi connectivity index (χ2v) is 6.51. The van der Waals surface area contributed by atoms with Crippen LogP contribution in [0.1, 0.15) is 25.3 Å². The van der Waals surface area contributed by atoms with Gasteiger partial charge in [-0.25, -0.2) is 0 Å².